The Hall–Kier alpha value is -2.38. The highest BCUT2D eigenvalue weighted by Crippen LogP contribution is 2.16. The Morgan fingerprint density at radius 3 is 2.48 bits per heavy atom. The van der Waals surface area contributed by atoms with Crippen molar-refractivity contribution in [1.29, 1.82) is 0 Å². The number of hydrogen-bond donors (Lipinski definition) is 2. The lowest BCUT2D eigenvalue weighted by Gasteiger charge is -2.15. The second kappa shape index (κ2) is 8.13. The fourth-order valence-electron chi connectivity index (χ4n) is 2.32. The highest BCUT2D eigenvalue weighted by Gasteiger charge is 2.12. The van der Waals surface area contributed by atoms with Crippen LogP contribution in [0.15, 0.2) is 53.4 Å². The number of amides is 1. The van der Waals surface area contributed by atoms with Gasteiger partial charge in [0, 0.05) is 0 Å². The van der Waals surface area contributed by atoms with Crippen LogP contribution in [0, 0.1) is 0 Å². The predicted molar refractivity (Wildman–Crippen MR) is 95.7 cm³/mol. The van der Waals surface area contributed by atoms with Gasteiger partial charge in [-0.25, -0.2) is 13.6 Å². The fourth-order valence-corrected chi connectivity index (χ4v) is 2.83. The second-order valence-electron chi connectivity index (χ2n) is 5.69. The van der Waals surface area contributed by atoms with Crippen LogP contribution in [-0.4, -0.2) is 20.9 Å². The third-order valence-corrected chi connectivity index (χ3v) is 4.69. The zero-order valence-electron chi connectivity index (χ0n) is 14.2. The number of nitrogens with two attached hydrogens (primary N) is 1. The molecule has 0 saturated heterocycles. The average molecular weight is 362 g/mol. The minimum absolute atomic E-state index is 0.0360. The fraction of sp³-hybridized carbons (Fsp3) is 0.278. The molecule has 0 spiro atoms. The summed E-state index contributed by atoms with van der Waals surface area (Å²) in [6, 6.07) is 13.4. The first kappa shape index (κ1) is 19.0. The molecule has 0 heterocycles. The van der Waals surface area contributed by atoms with E-state index in [1.165, 1.54) is 12.1 Å². The number of nitrogens with one attached hydrogen (secondary N) is 1. The predicted octanol–water partition coefficient (Wildman–Crippen LogP) is 2.15. The lowest BCUT2D eigenvalue weighted by Crippen LogP contribution is -2.31. The van der Waals surface area contributed by atoms with Crippen LogP contribution < -0.4 is 15.2 Å². The Morgan fingerprint density at radius 2 is 1.88 bits per heavy atom. The molecule has 0 fully saturated rings. The van der Waals surface area contributed by atoms with Crippen molar-refractivity contribution in [3.05, 3.63) is 59.7 Å². The lowest BCUT2D eigenvalue weighted by molar-refractivity contribution is -0.123. The molecule has 6 nitrogen and oxygen atoms in total. The number of hydrogen-bond acceptors (Lipinski definition) is 4. The van der Waals surface area contributed by atoms with Gasteiger partial charge < -0.3 is 10.1 Å². The van der Waals surface area contributed by atoms with Gasteiger partial charge in [0.15, 0.2) is 6.61 Å². The van der Waals surface area contributed by atoms with Gasteiger partial charge in [0.05, 0.1) is 10.9 Å². The van der Waals surface area contributed by atoms with Crippen LogP contribution in [0.1, 0.15) is 31.0 Å². The minimum atomic E-state index is -3.72. The molecule has 25 heavy (non-hydrogen) atoms. The molecule has 0 unspecified atom stereocenters. The van der Waals surface area contributed by atoms with Gasteiger partial charge in [-0.05, 0) is 48.7 Å². The lowest BCUT2D eigenvalue weighted by atomic mass is 10.1. The zero-order valence-corrected chi connectivity index (χ0v) is 15.0. The number of carbonyl (C=O) groups is 1. The van der Waals surface area contributed by atoms with E-state index >= 15 is 0 Å². The summed E-state index contributed by atoms with van der Waals surface area (Å²) in [4.78, 5) is 12.1. The number of aryl methyl sites for hydroxylation is 1. The van der Waals surface area contributed by atoms with E-state index < -0.39 is 10.0 Å². The summed E-state index contributed by atoms with van der Waals surface area (Å²) in [5.74, 6) is 0.393. The van der Waals surface area contributed by atoms with Crippen molar-refractivity contribution in [2.24, 2.45) is 5.14 Å². The van der Waals surface area contributed by atoms with Crippen molar-refractivity contribution < 1.29 is 17.9 Å². The zero-order chi connectivity index (χ0) is 18.4. The van der Waals surface area contributed by atoms with Crippen LogP contribution in [0.2, 0.25) is 0 Å². The highest BCUT2D eigenvalue weighted by atomic mass is 32.2. The maximum absolute atomic E-state index is 12.0. The smallest absolute Gasteiger partial charge is 0.258 e. The molecule has 134 valence electrons. The normalized spacial score (nSPS) is 12.4. The standard InChI is InChI=1S/C18H22N2O4S/c1-3-14-5-4-6-16(11-14)24-12-18(21)20-13(2)15-7-9-17(10-8-15)25(19,22)23/h4-11,13H,3,12H2,1-2H3,(H,20,21)(H2,19,22,23)/t13-/m0/s1. The molecular weight excluding hydrogens is 340 g/mol. The molecule has 0 bridgehead atoms. The van der Waals surface area contributed by atoms with Crippen LogP contribution in [0.25, 0.3) is 0 Å². The molecule has 1 amide bonds. The van der Waals surface area contributed by atoms with Crippen molar-refractivity contribution >= 4 is 15.9 Å². The van der Waals surface area contributed by atoms with E-state index in [2.05, 4.69) is 12.2 Å². The first-order chi connectivity index (χ1) is 11.8. The Kier molecular flexibility index (Phi) is 6.17. The molecule has 0 aliphatic carbocycles. The van der Waals surface area contributed by atoms with Crippen molar-refractivity contribution in [2.75, 3.05) is 6.61 Å². The van der Waals surface area contributed by atoms with E-state index in [4.69, 9.17) is 9.88 Å². The maximum Gasteiger partial charge on any atom is 0.258 e. The van der Waals surface area contributed by atoms with Crippen molar-refractivity contribution in [1.82, 2.24) is 5.32 Å². The highest BCUT2D eigenvalue weighted by molar-refractivity contribution is 7.89. The summed E-state index contributed by atoms with van der Waals surface area (Å²) in [5.41, 5.74) is 1.91. The van der Waals surface area contributed by atoms with Gasteiger partial charge in [-0.15, -0.1) is 0 Å². The van der Waals surface area contributed by atoms with Gasteiger partial charge in [0.25, 0.3) is 5.91 Å². The number of ether oxygens (including phenoxy) is 1. The SMILES string of the molecule is CCc1cccc(OCC(=O)N[C@@H](C)c2ccc(S(N)(=O)=O)cc2)c1. The van der Waals surface area contributed by atoms with E-state index in [0.29, 0.717) is 5.75 Å². The van der Waals surface area contributed by atoms with Gasteiger partial charge in [-0.3, -0.25) is 4.79 Å². The first-order valence-corrected chi connectivity index (χ1v) is 9.48. The number of sulfonamides is 1. The van der Waals surface area contributed by atoms with Gasteiger partial charge in [0.1, 0.15) is 5.75 Å². The van der Waals surface area contributed by atoms with E-state index in [1.807, 2.05) is 31.2 Å². The van der Waals surface area contributed by atoms with Crippen molar-refractivity contribution in [3.63, 3.8) is 0 Å². The van der Waals surface area contributed by atoms with E-state index in [0.717, 1.165) is 17.5 Å². The number of benzene rings is 2. The number of carbonyl (C=O) groups excluding carboxylic acids is 1. The third-order valence-electron chi connectivity index (χ3n) is 3.76. The molecule has 0 aliphatic rings. The van der Waals surface area contributed by atoms with Crippen molar-refractivity contribution in [3.8, 4) is 5.75 Å². The van der Waals surface area contributed by atoms with Gasteiger partial charge >= 0.3 is 0 Å². The average Bonchev–Trinajstić information content (AvgIpc) is 2.59. The third kappa shape index (κ3) is 5.58. The van der Waals surface area contributed by atoms with Crippen LogP contribution in [0.3, 0.4) is 0 Å². The van der Waals surface area contributed by atoms with Crippen LogP contribution >= 0.6 is 0 Å². The van der Waals surface area contributed by atoms with Gasteiger partial charge in [-0.1, -0.05) is 31.2 Å². The Bertz CT molecular complexity index is 832. The Labute approximate surface area is 148 Å². The topological polar surface area (TPSA) is 98.5 Å². The van der Waals surface area contributed by atoms with Gasteiger partial charge in [0.2, 0.25) is 10.0 Å². The van der Waals surface area contributed by atoms with Crippen LogP contribution in [-0.2, 0) is 21.2 Å². The molecular formula is C18H22N2O4S. The summed E-state index contributed by atoms with van der Waals surface area (Å²) in [7, 11) is -3.72. The molecule has 0 saturated carbocycles. The molecule has 0 aromatic heterocycles. The Balaban J connectivity index is 1.91. The summed E-state index contributed by atoms with van der Waals surface area (Å²) in [6.07, 6.45) is 0.898. The quantitative estimate of drug-likeness (QED) is 0.788. The first-order valence-electron chi connectivity index (χ1n) is 7.93. The van der Waals surface area contributed by atoms with Crippen molar-refractivity contribution in [2.45, 2.75) is 31.2 Å². The summed E-state index contributed by atoms with van der Waals surface area (Å²) in [6.45, 7) is 3.77. The molecule has 1 atom stereocenters. The van der Waals surface area contributed by atoms with E-state index in [9.17, 15) is 13.2 Å². The summed E-state index contributed by atoms with van der Waals surface area (Å²) >= 11 is 0. The monoisotopic (exact) mass is 362 g/mol. The van der Waals surface area contributed by atoms with E-state index in [1.54, 1.807) is 12.1 Å². The maximum atomic E-state index is 12.0. The van der Waals surface area contributed by atoms with E-state index in [-0.39, 0.29) is 23.5 Å². The largest absolute Gasteiger partial charge is 0.484 e. The molecule has 3 N–H and O–H groups in total. The number of primary sulfonamides is 1. The number of rotatable bonds is 7. The Morgan fingerprint density at radius 1 is 1.20 bits per heavy atom. The van der Waals surface area contributed by atoms with Gasteiger partial charge in [-0.2, -0.15) is 0 Å². The second-order valence-corrected chi connectivity index (χ2v) is 7.25. The molecule has 0 radical (unpaired) electrons. The summed E-state index contributed by atoms with van der Waals surface area (Å²) < 4.78 is 28.0. The van der Waals surface area contributed by atoms with Crippen LogP contribution in [0.4, 0.5) is 0 Å². The minimum Gasteiger partial charge on any atom is -0.484 e. The molecule has 7 heteroatoms. The summed E-state index contributed by atoms with van der Waals surface area (Å²) in [5, 5.41) is 7.87. The molecule has 0 aliphatic heterocycles. The molecule has 2 rings (SSSR count). The molecule has 2 aromatic rings. The molecule has 2 aromatic carbocycles. The van der Waals surface area contributed by atoms with Crippen LogP contribution in [0.5, 0.6) is 5.75 Å².